The summed E-state index contributed by atoms with van der Waals surface area (Å²) < 4.78 is 5.49. The summed E-state index contributed by atoms with van der Waals surface area (Å²) in [5, 5.41) is 24.6. The van der Waals surface area contributed by atoms with Crippen LogP contribution in [0.15, 0.2) is 64.5 Å². The van der Waals surface area contributed by atoms with Crippen molar-refractivity contribution in [1.29, 1.82) is 5.26 Å². The third-order valence-corrected chi connectivity index (χ3v) is 6.96. The summed E-state index contributed by atoms with van der Waals surface area (Å²) in [7, 11) is 0. The largest absolute Gasteiger partial charge is 0.276 e. The lowest BCUT2D eigenvalue weighted by Gasteiger charge is -2.12. The molecular formula is C26H25N7OS. The number of aryl methyl sites for hydroxylation is 2. The van der Waals surface area contributed by atoms with E-state index in [1.165, 1.54) is 11.8 Å². The summed E-state index contributed by atoms with van der Waals surface area (Å²) in [5.74, 6) is 1.46. The van der Waals surface area contributed by atoms with Crippen LogP contribution in [0.5, 0.6) is 0 Å². The lowest BCUT2D eigenvalue weighted by atomic mass is 10.1. The van der Waals surface area contributed by atoms with E-state index in [9.17, 15) is 10.1 Å². The second-order valence-electron chi connectivity index (χ2n) is 8.83. The Morgan fingerprint density at radius 3 is 2.54 bits per heavy atom. The van der Waals surface area contributed by atoms with Gasteiger partial charge in [-0.1, -0.05) is 55.9 Å². The molecule has 0 atom stereocenters. The van der Waals surface area contributed by atoms with Crippen LogP contribution in [-0.4, -0.2) is 28.9 Å². The SMILES string of the molecule is Cc1nn(-c2ccccc2)c(CSc2nnc3n(CCC(C)C)c(=O)c4ccccc4n23)c1C#N. The van der Waals surface area contributed by atoms with Gasteiger partial charge in [0.05, 0.1) is 33.5 Å². The molecule has 0 aliphatic heterocycles. The van der Waals surface area contributed by atoms with E-state index >= 15 is 0 Å². The average molecular weight is 484 g/mol. The maximum absolute atomic E-state index is 13.3. The van der Waals surface area contributed by atoms with Crippen LogP contribution in [0.3, 0.4) is 0 Å². The third kappa shape index (κ3) is 4.10. The first-order valence-corrected chi connectivity index (χ1v) is 12.5. The molecule has 0 unspecified atom stereocenters. The number of para-hydroxylation sites is 2. The van der Waals surface area contributed by atoms with E-state index in [0.717, 1.165) is 23.3 Å². The minimum atomic E-state index is -0.0535. The summed E-state index contributed by atoms with van der Waals surface area (Å²) in [6.45, 7) is 6.70. The number of rotatable bonds is 7. The van der Waals surface area contributed by atoms with E-state index in [-0.39, 0.29) is 5.56 Å². The molecule has 3 aromatic heterocycles. The topological polar surface area (TPSA) is 93.8 Å². The standard InChI is InChI=1S/C26H25N7OS/c1-17(2)13-14-31-24(34)20-11-7-8-12-22(20)32-25(31)28-29-26(32)35-16-23-21(15-27)18(3)30-33(23)19-9-5-4-6-10-19/h4-12,17H,13-14,16H2,1-3H3. The predicted octanol–water partition coefficient (Wildman–Crippen LogP) is 4.75. The summed E-state index contributed by atoms with van der Waals surface area (Å²) in [5.41, 5.74) is 3.67. The van der Waals surface area contributed by atoms with Crippen LogP contribution in [0, 0.1) is 24.2 Å². The van der Waals surface area contributed by atoms with Crippen LogP contribution in [0.2, 0.25) is 0 Å². The summed E-state index contributed by atoms with van der Waals surface area (Å²) in [4.78, 5) is 13.3. The molecule has 3 heterocycles. The number of hydrogen-bond acceptors (Lipinski definition) is 6. The quantitative estimate of drug-likeness (QED) is 0.310. The Bertz CT molecular complexity index is 1620. The summed E-state index contributed by atoms with van der Waals surface area (Å²) >= 11 is 1.48. The molecule has 9 heteroatoms. The number of thioether (sulfide) groups is 1. The Balaban J connectivity index is 1.61. The molecular weight excluding hydrogens is 458 g/mol. The molecule has 5 rings (SSSR count). The van der Waals surface area contributed by atoms with E-state index in [2.05, 4.69) is 35.2 Å². The molecule has 0 spiro atoms. The maximum Gasteiger partial charge on any atom is 0.262 e. The fourth-order valence-electron chi connectivity index (χ4n) is 4.19. The van der Waals surface area contributed by atoms with Crippen molar-refractivity contribution in [2.75, 3.05) is 0 Å². The first kappa shape index (κ1) is 22.9. The Kier molecular flexibility index (Phi) is 6.14. The van der Waals surface area contributed by atoms with E-state index in [1.807, 2.05) is 70.6 Å². The third-order valence-electron chi connectivity index (χ3n) is 6.01. The molecule has 5 aromatic rings. The zero-order chi connectivity index (χ0) is 24.5. The van der Waals surface area contributed by atoms with Gasteiger partial charge in [0.15, 0.2) is 5.16 Å². The van der Waals surface area contributed by atoms with E-state index in [0.29, 0.717) is 45.8 Å². The van der Waals surface area contributed by atoms with Crippen LogP contribution >= 0.6 is 11.8 Å². The van der Waals surface area contributed by atoms with Gasteiger partial charge in [0.2, 0.25) is 5.78 Å². The number of nitrogens with zero attached hydrogens (tertiary/aromatic N) is 7. The number of nitriles is 1. The van der Waals surface area contributed by atoms with Gasteiger partial charge in [0, 0.05) is 12.3 Å². The van der Waals surface area contributed by atoms with E-state index < -0.39 is 0 Å². The van der Waals surface area contributed by atoms with Crippen molar-refractivity contribution < 1.29 is 0 Å². The molecule has 0 amide bonds. The van der Waals surface area contributed by atoms with Crippen molar-refractivity contribution in [2.24, 2.45) is 5.92 Å². The molecule has 0 saturated heterocycles. The number of fused-ring (bicyclic) bond motifs is 3. The Labute approximate surface area is 206 Å². The van der Waals surface area contributed by atoms with Crippen LogP contribution in [0.1, 0.15) is 37.2 Å². The number of benzene rings is 2. The molecule has 0 radical (unpaired) electrons. The molecule has 0 bridgehead atoms. The van der Waals surface area contributed by atoms with Gasteiger partial charge < -0.3 is 0 Å². The second-order valence-corrected chi connectivity index (χ2v) is 9.77. The van der Waals surface area contributed by atoms with E-state index in [1.54, 1.807) is 4.57 Å². The van der Waals surface area contributed by atoms with Gasteiger partial charge in [-0.05, 0) is 43.5 Å². The van der Waals surface area contributed by atoms with Crippen LogP contribution < -0.4 is 5.56 Å². The predicted molar refractivity (Wildman–Crippen MR) is 137 cm³/mol. The van der Waals surface area contributed by atoms with Gasteiger partial charge in [0.1, 0.15) is 6.07 Å². The van der Waals surface area contributed by atoms with Crippen molar-refractivity contribution >= 4 is 28.4 Å². The molecule has 35 heavy (non-hydrogen) atoms. The minimum Gasteiger partial charge on any atom is -0.276 e. The Morgan fingerprint density at radius 2 is 1.80 bits per heavy atom. The number of aromatic nitrogens is 6. The molecule has 176 valence electrons. The molecule has 0 aliphatic rings. The van der Waals surface area contributed by atoms with E-state index in [4.69, 9.17) is 0 Å². The molecule has 0 aliphatic carbocycles. The highest BCUT2D eigenvalue weighted by Gasteiger charge is 2.20. The molecule has 0 N–H and O–H groups in total. The smallest absolute Gasteiger partial charge is 0.262 e. The van der Waals surface area contributed by atoms with Gasteiger partial charge in [-0.15, -0.1) is 10.2 Å². The molecule has 0 fully saturated rings. The van der Waals surface area contributed by atoms with Crippen LogP contribution in [-0.2, 0) is 12.3 Å². The van der Waals surface area contributed by atoms with Crippen molar-refractivity contribution in [2.45, 2.75) is 44.6 Å². The first-order chi connectivity index (χ1) is 17.0. The van der Waals surface area contributed by atoms with Gasteiger partial charge in [-0.25, -0.2) is 4.68 Å². The van der Waals surface area contributed by atoms with Crippen molar-refractivity contribution in [1.82, 2.24) is 28.9 Å². The highest BCUT2D eigenvalue weighted by molar-refractivity contribution is 7.98. The fraction of sp³-hybridized carbons (Fsp3) is 0.269. The maximum atomic E-state index is 13.3. The Hall–Kier alpha value is -3.90. The highest BCUT2D eigenvalue weighted by Crippen LogP contribution is 2.28. The van der Waals surface area contributed by atoms with Crippen LogP contribution in [0.4, 0.5) is 0 Å². The number of hydrogen-bond donors (Lipinski definition) is 0. The molecule has 2 aromatic carbocycles. The molecule has 0 saturated carbocycles. The lowest BCUT2D eigenvalue weighted by Crippen LogP contribution is -2.24. The summed E-state index contributed by atoms with van der Waals surface area (Å²) in [6, 6.07) is 19.6. The monoisotopic (exact) mass is 483 g/mol. The second kappa shape index (κ2) is 9.39. The first-order valence-electron chi connectivity index (χ1n) is 11.5. The lowest BCUT2D eigenvalue weighted by molar-refractivity contribution is 0.512. The highest BCUT2D eigenvalue weighted by atomic mass is 32.2. The minimum absolute atomic E-state index is 0.0535. The van der Waals surface area contributed by atoms with Crippen molar-refractivity contribution in [3.8, 4) is 11.8 Å². The normalized spacial score (nSPS) is 11.5. The van der Waals surface area contributed by atoms with Gasteiger partial charge in [-0.2, -0.15) is 10.4 Å². The fourth-order valence-corrected chi connectivity index (χ4v) is 5.13. The van der Waals surface area contributed by atoms with Gasteiger partial charge in [0.25, 0.3) is 5.56 Å². The van der Waals surface area contributed by atoms with Crippen LogP contribution in [0.25, 0.3) is 22.4 Å². The van der Waals surface area contributed by atoms with Crippen molar-refractivity contribution in [3.05, 3.63) is 81.9 Å². The Morgan fingerprint density at radius 1 is 1.06 bits per heavy atom. The molecule has 8 nitrogen and oxygen atoms in total. The summed E-state index contributed by atoms with van der Waals surface area (Å²) in [6.07, 6.45) is 0.865. The van der Waals surface area contributed by atoms with Gasteiger partial charge in [-0.3, -0.25) is 13.8 Å². The zero-order valence-corrected chi connectivity index (χ0v) is 20.7. The average Bonchev–Trinajstić information content (AvgIpc) is 3.43. The zero-order valence-electron chi connectivity index (χ0n) is 19.8. The van der Waals surface area contributed by atoms with Gasteiger partial charge >= 0.3 is 0 Å². The van der Waals surface area contributed by atoms with Crippen molar-refractivity contribution in [3.63, 3.8) is 0 Å².